The number of halogens is 1. The third kappa shape index (κ3) is 3.42. The summed E-state index contributed by atoms with van der Waals surface area (Å²) in [6.07, 6.45) is 6.73. The lowest BCUT2D eigenvalue weighted by atomic mass is 9.77. The summed E-state index contributed by atoms with van der Waals surface area (Å²) < 4.78 is 13.6. The third-order valence-electron chi connectivity index (χ3n) is 5.34. The van der Waals surface area contributed by atoms with E-state index in [0.717, 1.165) is 5.56 Å². The highest BCUT2D eigenvalue weighted by atomic mass is 19.1. The van der Waals surface area contributed by atoms with Gasteiger partial charge in [-0.25, -0.2) is 4.39 Å². The number of aromatic nitrogens is 2. The van der Waals surface area contributed by atoms with Crippen molar-refractivity contribution in [3.05, 3.63) is 95.8 Å². The number of hydrogen-bond donors (Lipinski definition) is 2. The highest BCUT2D eigenvalue weighted by Gasteiger charge is 2.46. The second-order valence-corrected chi connectivity index (χ2v) is 7.14. The molecule has 0 radical (unpaired) electrons. The van der Waals surface area contributed by atoms with E-state index in [-0.39, 0.29) is 5.82 Å². The van der Waals surface area contributed by atoms with Gasteiger partial charge in [0.1, 0.15) is 11.4 Å². The second kappa shape index (κ2) is 7.75. The molecule has 3 heterocycles. The lowest BCUT2D eigenvalue weighted by molar-refractivity contribution is -0.0190. The first-order valence-electron chi connectivity index (χ1n) is 9.30. The monoisotopic (exact) mass is 379 g/mol. The molecule has 1 aliphatic rings. The summed E-state index contributed by atoms with van der Waals surface area (Å²) in [6, 6.07) is 12.8. The number of likely N-dealkylation sites (tertiary alicyclic amines) is 1. The first-order valence-corrected chi connectivity index (χ1v) is 9.30. The van der Waals surface area contributed by atoms with Crippen LogP contribution in [0.2, 0.25) is 0 Å². The largest absolute Gasteiger partial charge is 0.392 e. The smallest absolute Gasteiger partial charge is 0.137 e. The van der Waals surface area contributed by atoms with E-state index in [1.807, 2.05) is 17.0 Å². The molecule has 0 aliphatic carbocycles. The number of aliphatic hydroxyl groups excluding tert-OH is 1. The van der Waals surface area contributed by atoms with Crippen LogP contribution >= 0.6 is 0 Å². The van der Waals surface area contributed by atoms with E-state index >= 15 is 0 Å². The van der Waals surface area contributed by atoms with Gasteiger partial charge in [0.05, 0.1) is 12.1 Å². The van der Waals surface area contributed by atoms with Crippen LogP contribution in [0.1, 0.15) is 29.2 Å². The van der Waals surface area contributed by atoms with Gasteiger partial charge in [0.2, 0.25) is 0 Å². The van der Waals surface area contributed by atoms with Crippen LogP contribution in [-0.4, -0.2) is 44.3 Å². The van der Waals surface area contributed by atoms with Crippen LogP contribution in [0.4, 0.5) is 4.39 Å². The van der Waals surface area contributed by atoms with Crippen molar-refractivity contribution in [3.8, 4) is 0 Å². The van der Waals surface area contributed by atoms with E-state index in [1.165, 1.54) is 12.1 Å². The van der Waals surface area contributed by atoms with Gasteiger partial charge >= 0.3 is 0 Å². The Kier molecular flexibility index (Phi) is 5.17. The minimum Gasteiger partial charge on any atom is -0.392 e. The number of aliphatic hydroxyl groups is 2. The predicted molar refractivity (Wildman–Crippen MR) is 103 cm³/mol. The summed E-state index contributed by atoms with van der Waals surface area (Å²) in [5.74, 6) is -0.338. The molecular weight excluding hydrogens is 357 g/mol. The number of β-amino-alcohol motifs (C(OH)–C–C–N with tert-alkyl or cyclic N) is 1. The maximum atomic E-state index is 13.6. The Morgan fingerprint density at radius 1 is 1.00 bits per heavy atom. The Labute approximate surface area is 163 Å². The topological polar surface area (TPSA) is 69.5 Å². The van der Waals surface area contributed by atoms with Gasteiger partial charge in [-0.3, -0.25) is 14.9 Å². The van der Waals surface area contributed by atoms with Crippen LogP contribution < -0.4 is 0 Å². The molecule has 1 aliphatic heterocycles. The first kappa shape index (κ1) is 18.7. The molecule has 0 spiro atoms. The molecule has 0 saturated carbocycles. The minimum absolute atomic E-state index is 0.338. The van der Waals surface area contributed by atoms with Crippen LogP contribution in [0.5, 0.6) is 0 Å². The van der Waals surface area contributed by atoms with Crippen LogP contribution in [0.25, 0.3) is 0 Å². The number of hydrogen-bond acceptors (Lipinski definition) is 5. The summed E-state index contributed by atoms with van der Waals surface area (Å²) in [4.78, 5) is 10.4. The van der Waals surface area contributed by atoms with Crippen LogP contribution in [-0.2, 0) is 5.60 Å². The Hall–Kier alpha value is -2.67. The lowest BCUT2D eigenvalue weighted by Gasteiger charge is -2.42. The molecule has 2 atom stereocenters. The lowest BCUT2D eigenvalue weighted by Crippen LogP contribution is -2.45. The highest BCUT2D eigenvalue weighted by molar-refractivity contribution is 5.39. The number of pyridine rings is 2. The van der Waals surface area contributed by atoms with Crippen LogP contribution in [0, 0.1) is 5.82 Å². The van der Waals surface area contributed by atoms with E-state index in [0.29, 0.717) is 30.6 Å². The molecule has 6 heteroatoms. The Balaban J connectivity index is 1.92. The van der Waals surface area contributed by atoms with Crippen molar-refractivity contribution < 1.29 is 14.6 Å². The first-order chi connectivity index (χ1) is 13.6. The van der Waals surface area contributed by atoms with Crippen molar-refractivity contribution >= 4 is 0 Å². The molecule has 5 nitrogen and oxygen atoms in total. The number of nitrogens with zero attached hydrogens (tertiary/aromatic N) is 3. The zero-order chi connectivity index (χ0) is 19.6. The normalized spacial score (nSPS) is 18.9. The van der Waals surface area contributed by atoms with Crippen molar-refractivity contribution in [1.29, 1.82) is 0 Å². The molecule has 2 N–H and O–H groups in total. The molecule has 2 aromatic heterocycles. The van der Waals surface area contributed by atoms with Gasteiger partial charge in [-0.1, -0.05) is 24.3 Å². The van der Waals surface area contributed by atoms with Crippen molar-refractivity contribution in [1.82, 2.24) is 14.9 Å². The molecule has 1 fully saturated rings. The zero-order valence-corrected chi connectivity index (χ0v) is 15.3. The quantitative estimate of drug-likeness (QED) is 0.713. The Morgan fingerprint density at radius 2 is 1.61 bits per heavy atom. The maximum Gasteiger partial charge on any atom is 0.137 e. The third-order valence-corrected chi connectivity index (χ3v) is 5.34. The van der Waals surface area contributed by atoms with E-state index in [1.54, 1.807) is 49.1 Å². The van der Waals surface area contributed by atoms with E-state index < -0.39 is 17.7 Å². The fraction of sp³-hybridized carbons (Fsp3) is 0.273. The zero-order valence-electron chi connectivity index (χ0n) is 15.3. The van der Waals surface area contributed by atoms with Gasteiger partial charge in [-0.05, 0) is 36.2 Å². The molecule has 4 rings (SSSR count). The number of rotatable bonds is 5. The van der Waals surface area contributed by atoms with Crippen LogP contribution in [0.3, 0.4) is 0 Å². The van der Waals surface area contributed by atoms with Gasteiger partial charge in [0.15, 0.2) is 0 Å². The van der Waals surface area contributed by atoms with Crippen molar-refractivity contribution in [2.75, 3.05) is 13.1 Å². The highest BCUT2D eigenvalue weighted by Crippen LogP contribution is 2.45. The van der Waals surface area contributed by atoms with E-state index in [2.05, 4.69) is 9.97 Å². The van der Waals surface area contributed by atoms with Gasteiger partial charge in [0, 0.05) is 49.0 Å². The minimum atomic E-state index is -1.48. The molecular formula is C22H22FN3O2. The molecule has 1 saturated heterocycles. The molecule has 1 unspecified atom stereocenters. The molecule has 1 aromatic carbocycles. The Bertz CT molecular complexity index is 867. The SMILES string of the molecule is O[C@@H]1CCN(C(c2ccc(F)cc2)C(O)(c2cccnc2)c2cccnc2)C1. The molecule has 144 valence electrons. The fourth-order valence-corrected chi connectivity index (χ4v) is 4.02. The molecule has 28 heavy (non-hydrogen) atoms. The Morgan fingerprint density at radius 3 is 2.07 bits per heavy atom. The summed E-state index contributed by atoms with van der Waals surface area (Å²) >= 11 is 0. The fourth-order valence-electron chi connectivity index (χ4n) is 4.02. The second-order valence-electron chi connectivity index (χ2n) is 7.14. The maximum absolute atomic E-state index is 13.6. The van der Waals surface area contributed by atoms with Gasteiger partial charge in [0.25, 0.3) is 0 Å². The summed E-state index contributed by atoms with van der Waals surface area (Å²) in [5.41, 5.74) is 0.493. The molecule has 0 bridgehead atoms. The molecule has 0 amide bonds. The average Bonchev–Trinajstić information content (AvgIpc) is 3.16. The van der Waals surface area contributed by atoms with Crippen molar-refractivity contribution in [3.63, 3.8) is 0 Å². The summed E-state index contributed by atoms with van der Waals surface area (Å²) in [7, 11) is 0. The van der Waals surface area contributed by atoms with Gasteiger partial charge < -0.3 is 10.2 Å². The molecule has 3 aromatic rings. The van der Waals surface area contributed by atoms with Crippen molar-refractivity contribution in [2.24, 2.45) is 0 Å². The summed E-state index contributed by atoms with van der Waals surface area (Å²) in [6.45, 7) is 1.04. The summed E-state index contributed by atoms with van der Waals surface area (Å²) in [5, 5.41) is 22.3. The number of benzene rings is 1. The van der Waals surface area contributed by atoms with Crippen molar-refractivity contribution in [2.45, 2.75) is 24.2 Å². The van der Waals surface area contributed by atoms with E-state index in [4.69, 9.17) is 0 Å². The predicted octanol–water partition coefficient (Wildman–Crippen LogP) is 2.66. The average molecular weight is 379 g/mol. The van der Waals surface area contributed by atoms with Gasteiger partial charge in [-0.15, -0.1) is 0 Å². The van der Waals surface area contributed by atoms with Gasteiger partial charge in [-0.2, -0.15) is 0 Å². The van der Waals surface area contributed by atoms with Crippen LogP contribution in [0.15, 0.2) is 73.3 Å². The standard InChI is InChI=1S/C22H22FN3O2/c23-19-7-5-16(6-8-19)21(26-12-9-20(27)15-26)22(28,17-3-1-10-24-13-17)18-4-2-11-25-14-18/h1-8,10-11,13-14,20-21,27-28H,9,12,15H2/t20-,21?/m1/s1. The van der Waals surface area contributed by atoms with E-state index in [9.17, 15) is 14.6 Å².